The Hall–Kier alpha value is -1.66. The van der Waals surface area contributed by atoms with Crippen molar-refractivity contribution in [1.29, 1.82) is 0 Å². The Kier molecular flexibility index (Phi) is 6.97. The third-order valence-electron chi connectivity index (χ3n) is 2.66. The zero-order valence-electron chi connectivity index (χ0n) is 11.8. The molecule has 0 radical (unpaired) electrons. The number of nitrogens with zero attached hydrogens (tertiary/aromatic N) is 1. The normalized spacial score (nSPS) is 11.2. The van der Waals surface area contributed by atoms with Gasteiger partial charge in [-0.05, 0) is 36.6 Å². The van der Waals surface area contributed by atoms with Gasteiger partial charge in [0.25, 0.3) is 0 Å². The van der Waals surface area contributed by atoms with Crippen molar-refractivity contribution >= 4 is 29.3 Å². The van der Waals surface area contributed by atoms with Crippen LogP contribution >= 0.6 is 11.3 Å². The Morgan fingerprint density at radius 3 is 2.80 bits per heavy atom. The van der Waals surface area contributed by atoms with Crippen LogP contribution in [0.4, 0.5) is 0 Å². The molecule has 110 valence electrons. The van der Waals surface area contributed by atoms with Gasteiger partial charge in [-0.1, -0.05) is 6.92 Å². The lowest BCUT2D eigenvalue weighted by Gasteiger charge is -2.18. The average molecular weight is 296 g/mol. The lowest BCUT2D eigenvalue weighted by molar-refractivity contribution is -0.131. The Morgan fingerprint density at radius 2 is 2.20 bits per heavy atom. The minimum absolute atomic E-state index is 0.0249. The molecule has 0 aliphatic heterocycles. The first-order valence-electron chi connectivity index (χ1n) is 6.52. The fraction of sp³-hybridized carbons (Fsp3) is 0.429. The first-order valence-corrected chi connectivity index (χ1v) is 7.40. The van der Waals surface area contributed by atoms with E-state index in [1.165, 1.54) is 0 Å². The molecular weight excluding hydrogens is 276 g/mol. The second-order valence-corrected chi connectivity index (χ2v) is 5.27. The minimum atomic E-state index is -0.954. The maximum atomic E-state index is 11.6. The molecule has 0 aliphatic rings. The molecule has 1 aromatic heterocycles. The molecule has 1 heterocycles. The number of aliphatic carboxylic acids is 1. The number of nitrogens with one attached hydrogen (secondary N) is 1. The number of hydrogen-bond acceptors (Lipinski definition) is 4. The van der Waals surface area contributed by atoms with Crippen LogP contribution in [0.2, 0.25) is 0 Å². The molecule has 6 heteroatoms. The molecule has 5 nitrogen and oxygen atoms in total. The number of likely N-dealkylation sites (N-methyl/N-ethyl adjacent to an activating group) is 2. The van der Waals surface area contributed by atoms with Crippen molar-refractivity contribution in [3.05, 3.63) is 28.0 Å². The highest BCUT2D eigenvalue weighted by Crippen LogP contribution is 2.18. The molecule has 0 aromatic carbocycles. The van der Waals surface area contributed by atoms with Crippen LogP contribution in [0.25, 0.3) is 6.08 Å². The summed E-state index contributed by atoms with van der Waals surface area (Å²) in [6.07, 6.45) is 2.69. The van der Waals surface area contributed by atoms with E-state index < -0.39 is 5.97 Å². The molecule has 0 fully saturated rings. The van der Waals surface area contributed by atoms with E-state index in [1.54, 1.807) is 17.4 Å². The van der Waals surface area contributed by atoms with Crippen LogP contribution in [0.3, 0.4) is 0 Å². The lowest BCUT2D eigenvalue weighted by atomic mass is 10.2. The molecule has 0 saturated heterocycles. The van der Waals surface area contributed by atoms with Gasteiger partial charge in [-0.3, -0.25) is 9.69 Å². The molecule has 0 atom stereocenters. The standard InChI is InChI=1S/C14H20N2O3S/c1-3-15-13(17)9-16(4-2)8-12-7-11(10-20-12)5-6-14(18)19/h5-7,10H,3-4,8-9H2,1-2H3,(H,15,17)(H,18,19). The molecule has 0 unspecified atom stereocenters. The van der Waals surface area contributed by atoms with Gasteiger partial charge in [0.05, 0.1) is 6.54 Å². The van der Waals surface area contributed by atoms with E-state index in [4.69, 9.17) is 5.11 Å². The van der Waals surface area contributed by atoms with Crippen molar-refractivity contribution in [2.75, 3.05) is 19.6 Å². The van der Waals surface area contributed by atoms with Crippen molar-refractivity contribution in [2.45, 2.75) is 20.4 Å². The summed E-state index contributed by atoms with van der Waals surface area (Å²) in [6.45, 7) is 6.41. The highest BCUT2D eigenvalue weighted by atomic mass is 32.1. The third-order valence-corrected chi connectivity index (χ3v) is 3.60. The largest absolute Gasteiger partial charge is 0.478 e. The molecule has 0 spiro atoms. The van der Waals surface area contributed by atoms with Gasteiger partial charge in [-0.25, -0.2) is 4.79 Å². The van der Waals surface area contributed by atoms with E-state index in [1.807, 2.05) is 30.2 Å². The zero-order chi connectivity index (χ0) is 15.0. The Bertz CT molecular complexity index is 483. The van der Waals surface area contributed by atoms with Crippen molar-refractivity contribution in [1.82, 2.24) is 10.2 Å². The van der Waals surface area contributed by atoms with Crippen LogP contribution in [0.5, 0.6) is 0 Å². The van der Waals surface area contributed by atoms with Gasteiger partial charge in [-0.2, -0.15) is 0 Å². The van der Waals surface area contributed by atoms with E-state index >= 15 is 0 Å². The summed E-state index contributed by atoms with van der Waals surface area (Å²) in [5, 5.41) is 13.3. The maximum absolute atomic E-state index is 11.6. The molecule has 1 aromatic rings. The number of amides is 1. The number of carbonyl (C=O) groups is 2. The second-order valence-electron chi connectivity index (χ2n) is 4.27. The van der Waals surface area contributed by atoms with E-state index in [0.29, 0.717) is 19.6 Å². The van der Waals surface area contributed by atoms with Gasteiger partial charge < -0.3 is 10.4 Å². The van der Waals surface area contributed by atoms with Gasteiger partial charge in [0, 0.05) is 24.0 Å². The number of carboxylic acid groups (broad SMARTS) is 1. The predicted molar refractivity (Wildman–Crippen MR) is 80.6 cm³/mol. The number of hydrogen-bond donors (Lipinski definition) is 2. The zero-order valence-corrected chi connectivity index (χ0v) is 12.6. The fourth-order valence-corrected chi connectivity index (χ4v) is 2.59. The molecule has 2 N–H and O–H groups in total. The molecule has 1 amide bonds. The van der Waals surface area contributed by atoms with Gasteiger partial charge in [0.1, 0.15) is 0 Å². The molecule has 20 heavy (non-hydrogen) atoms. The van der Waals surface area contributed by atoms with Crippen molar-refractivity contribution in [2.24, 2.45) is 0 Å². The summed E-state index contributed by atoms with van der Waals surface area (Å²) < 4.78 is 0. The second kappa shape index (κ2) is 8.50. The molecule has 0 saturated carbocycles. The van der Waals surface area contributed by atoms with Gasteiger partial charge >= 0.3 is 5.97 Å². The van der Waals surface area contributed by atoms with Crippen molar-refractivity contribution < 1.29 is 14.7 Å². The van der Waals surface area contributed by atoms with Crippen LogP contribution in [-0.2, 0) is 16.1 Å². The maximum Gasteiger partial charge on any atom is 0.328 e. The Balaban J connectivity index is 2.57. The Morgan fingerprint density at radius 1 is 1.45 bits per heavy atom. The first kappa shape index (κ1) is 16.4. The topological polar surface area (TPSA) is 69.6 Å². The van der Waals surface area contributed by atoms with Crippen molar-refractivity contribution in [3.8, 4) is 0 Å². The third kappa shape index (κ3) is 5.99. The molecular formula is C14H20N2O3S. The highest BCUT2D eigenvalue weighted by Gasteiger charge is 2.10. The van der Waals surface area contributed by atoms with E-state index in [0.717, 1.165) is 23.1 Å². The first-order chi connectivity index (χ1) is 9.55. The molecule has 0 bridgehead atoms. The average Bonchev–Trinajstić information content (AvgIpc) is 2.83. The van der Waals surface area contributed by atoms with Gasteiger partial charge in [0.2, 0.25) is 5.91 Å². The lowest BCUT2D eigenvalue weighted by Crippen LogP contribution is -2.36. The molecule has 0 aliphatic carbocycles. The summed E-state index contributed by atoms with van der Waals surface area (Å²) in [4.78, 5) is 25.2. The monoisotopic (exact) mass is 296 g/mol. The van der Waals surface area contributed by atoms with E-state index in [-0.39, 0.29) is 5.91 Å². The number of carboxylic acids is 1. The van der Waals surface area contributed by atoms with Crippen LogP contribution < -0.4 is 5.32 Å². The smallest absolute Gasteiger partial charge is 0.328 e. The fourth-order valence-electron chi connectivity index (χ4n) is 1.69. The quantitative estimate of drug-likeness (QED) is 0.718. The minimum Gasteiger partial charge on any atom is -0.478 e. The predicted octanol–water partition coefficient (Wildman–Crippen LogP) is 1.80. The van der Waals surface area contributed by atoms with Crippen LogP contribution in [0, 0.1) is 0 Å². The SMILES string of the molecule is CCNC(=O)CN(CC)Cc1cc(C=CC(=O)O)cs1. The summed E-state index contributed by atoms with van der Waals surface area (Å²) >= 11 is 1.57. The number of carbonyl (C=O) groups excluding carboxylic acids is 1. The molecule has 1 rings (SSSR count). The summed E-state index contributed by atoms with van der Waals surface area (Å²) in [5.41, 5.74) is 0.876. The number of rotatable bonds is 8. The summed E-state index contributed by atoms with van der Waals surface area (Å²) in [5.74, 6) is -0.930. The Labute approximate surface area is 122 Å². The summed E-state index contributed by atoms with van der Waals surface area (Å²) in [6, 6.07) is 1.95. The van der Waals surface area contributed by atoms with Gasteiger partial charge in [0.15, 0.2) is 0 Å². The number of thiophene rings is 1. The van der Waals surface area contributed by atoms with Crippen LogP contribution in [0.1, 0.15) is 24.3 Å². The van der Waals surface area contributed by atoms with Crippen LogP contribution in [0.15, 0.2) is 17.5 Å². The van der Waals surface area contributed by atoms with Crippen molar-refractivity contribution in [3.63, 3.8) is 0 Å². The van der Waals surface area contributed by atoms with Crippen LogP contribution in [-0.4, -0.2) is 41.5 Å². The van der Waals surface area contributed by atoms with Gasteiger partial charge in [-0.15, -0.1) is 11.3 Å². The van der Waals surface area contributed by atoms with E-state index in [2.05, 4.69) is 5.32 Å². The summed E-state index contributed by atoms with van der Waals surface area (Å²) in [7, 11) is 0. The highest BCUT2D eigenvalue weighted by molar-refractivity contribution is 7.10. The van der Waals surface area contributed by atoms with E-state index in [9.17, 15) is 9.59 Å².